The normalized spacial score (nSPS) is 20.6. The second-order valence-electron chi connectivity index (χ2n) is 4.33. The Bertz CT molecular complexity index is 344. The van der Waals surface area contributed by atoms with Gasteiger partial charge >= 0.3 is 0 Å². The molecule has 0 aliphatic carbocycles. The van der Waals surface area contributed by atoms with Crippen LogP contribution in [0.15, 0.2) is 22.7 Å². The average Bonchev–Trinajstić information content (AvgIpc) is 2.68. The molecule has 1 unspecified atom stereocenters. The summed E-state index contributed by atoms with van der Waals surface area (Å²) in [4.78, 5) is 2.33. The highest BCUT2D eigenvalue weighted by atomic mass is 79.9. The van der Waals surface area contributed by atoms with Crippen molar-refractivity contribution in [2.45, 2.75) is 19.0 Å². The number of likely N-dealkylation sites (N-methyl/N-ethyl adjacent to an activating group) is 1. The SMILES string of the molecule is CN(Cc1cc(N)cc(Br)c1)C1CCOC1. The van der Waals surface area contributed by atoms with Crippen LogP contribution in [0, 0.1) is 0 Å². The topological polar surface area (TPSA) is 38.5 Å². The molecule has 0 amide bonds. The van der Waals surface area contributed by atoms with Crippen LogP contribution in [0.25, 0.3) is 0 Å². The molecule has 1 heterocycles. The molecular formula is C12H17BrN2O. The smallest absolute Gasteiger partial charge is 0.0622 e. The van der Waals surface area contributed by atoms with E-state index in [1.54, 1.807) is 0 Å². The molecule has 1 aromatic carbocycles. The van der Waals surface area contributed by atoms with Gasteiger partial charge in [0.25, 0.3) is 0 Å². The van der Waals surface area contributed by atoms with E-state index in [9.17, 15) is 0 Å². The number of rotatable bonds is 3. The highest BCUT2D eigenvalue weighted by molar-refractivity contribution is 9.10. The van der Waals surface area contributed by atoms with E-state index in [1.165, 1.54) is 5.56 Å². The molecule has 0 aromatic heterocycles. The van der Waals surface area contributed by atoms with Crippen molar-refractivity contribution in [3.05, 3.63) is 28.2 Å². The summed E-state index contributed by atoms with van der Waals surface area (Å²) in [5, 5.41) is 0. The van der Waals surface area contributed by atoms with Gasteiger partial charge in [-0.2, -0.15) is 0 Å². The van der Waals surface area contributed by atoms with E-state index < -0.39 is 0 Å². The Balaban J connectivity index is 2.02. The van der Waals surface area contributed by atoms with Crippen molar-refractivity contribution in [1.82, 2.24) is 4.90 Å². The summed E-state index contributed by atoms with van der Waals surface area (Å²) in [5.41, 5.74) is 7.86. The first-order valence-corrected chi connectivity index (χ1v) is 6.27. The van der Waals surface area contributed by atoms with Crippen molar-refractivity contribution in [2.75, 3.05) is 26.0 Å². The molecular weight excluding hydrogens is 268 g/mol. The summed E-state index contributed by atoms with van der Waals surface area (Å²) in [6.45, 7) is 2.65. The Labute approximate surface area is 105 Å². The van der Waals surface area contributed by atoms with Crippen LogP contribution in [-0.2, 0) is 11.3 Å². The van der Waals surface area contributed by atoms with E-state index in [0.29, 0.717) is 6.04 Å². The van der Waals surface area contributed by atoms with Gasteiger partial charge in [-0.15, -0.1) is 0 Å². The molecule has 0 radical (unpaired) electrons. The van der Waals surface area contributed by atoms with Crippen LogP contribution in [0.4, 0.5) is 5.69 Å². The Hall–Kier alpha value is -0.580. The summed E-state index contributed by atoms with van der Waals surface area (Å²) >= 11 is 3.46. The van der Waals surface area contributed by atoms with Crippen LogP contribution in [0.2, 0.25) is 0 Å². The first-order valence-electron chi connectivity index (χ1n) is 5.48. The van der Waals surface area contributed by atoms with E-state index >= 15 is 0 Å². The maximum Gasteiger partial charge on any atom is 0.0622 e. The third-order valence-corrected chi connectivity index (χ3v) is 3.40. The van der Waals surface area contributed by atoms with Crippen LogP contribution < -0.4 is 5.73 Å². The van der Waals surface area contributed by atoms with Gasteiger partial charge in [-0.1, -0.05) is 15.9 Å². The highest BCUT2D eigenvalue weighted by Crippen LogP contribution is 2.20. The zero-order valence-corrected chi connectivity index (χ0v) is 11.0. The molecule has 16 heavy (non-hydrogen) atoms. The first kappa shape index (κ1) is 11.9. The maximum atomic E-state index is 5.82. The van der Waals surface area contributed by atoms with E-state index in [0.717, 1.165) is 36.3 Å². The van der Waals surface area contributed by atoms with E-state index in [2.05, 4.69) is 33.9 Å². The highest BCUT2D eigenvalue weighted by Gasteiger charge is 2.20. The molecule has 1 saturated heterocycles. The summed E-state index contributed by atoms with van der Waals surface area (Å²) < 4.78 is 6.43. The van der Waals surface area contributed by atoms with Crippen LogP contribution in [0.3, 0.4) is 0 Å². The van der Waals surface area contributed by atoms with Crippen molar-refractivity contribution >= 4 is 21.6 Å². The van der Waals surface area contributed by atoms with Crippen LogP contribution >= 0.6 is 15.9 Å². The lowest BCUT2D eigenvalue weighted by Crippen LogP contribution is -2.31. The molecule has 4 heteroatoms. The lowest BCUT2D eigenvalue weighted by Gasteiger charge is -2.23. The molecule has 1 aromatic rings. The van der Waals surface area contributed by atoms with Crippen LogP contribution in [-0.4, -0.2) is 31.2 Å². The van der Waals surface area contributed by atoms with Gasteiger partial charge < -0.3 is 10.5 Å². The van der Waals surface area contributed by atoms with Crippen LogP contribution in [0.5, 0.6) is 0 Å². The lowest BCUT2D eigenvalue weighted by molar-refractivity contribution is 0.156. The maximum absolute atomic E-state index is 5.82. The fourth-order valence-corrected chi connectivity index (χ4v) is 2.61. The summed E-state index contributed by atoms with van der Waals surface area (Å²) in [6.07, 6.45) is 1.12. The van der Waals surface area contributed by atoms with Crippen molar-refractivity contribution in [3.63, 3.8) is 0 Å². The molecule has 1 atom stereocenters. The number of halogens is 1. The molecule has 0 bridgehead atoms. The second kappa shape index (κ2) is 5.17. The minimum absolute atomic E-state index is 0.542. The number of nitrogens with two attached hydrogens (primary N) is 1. The molecule has 2 N–H and O–H groups in total. The summed E-state index contributed by atoms with van der Waals surface area (Å²) in [6, 6.07) is 6.60. The van der Waals surface area contributed by atoms with E-state index in [1.807, 2.05) is 12.1 Å². The van der Waals surface area contributed by atoms with Gasteiger partial charge in [0.15, 0.2) is 0 Å². The number of ether oxygens (including phenoxy) is 1. The van der Waals surface area contributed by atoms with Gasteiger partial charge in [0, 0.05) is 29.4 Å². The average molecular weight is 285 g/mol. The van der Waals surface area contributed by atoms with Gasteiger partial charge in [0.05, 0.1) is 6.61 Å². The summed E-state index contributed by atoms with van der Waals surface area (Å²) in [7, 11) is 2.14. The van der Waals surface area contributed by atoms with Gasteiger partial charge in [0.1, 0.15) is 0 Å². The molecule has 1 aliphatic rings. The van der Waals surface area contributed by atoms with Gasteiger partial charge in [-0.25, -0.2) is 0 Å². The monoisotopic (exact) mass is 284 g/mol. The molecule has 0 saturated carbocycles. The van der Waals surface area contributed by atoms with Crippen LogP contribution in [0.1, 0.15) is 12.0 Å². The summed E-state index contributed by atoms with van der Waals surface area (Å²) in [5.74, 6) is 0. The fraction of sp³-hybridized carbons (Fsp3) is 0.500. The lowest BCUT2D eigenvalue weighted by atomic mass is 10.1. The minimum atomic E-state index is 0.542. The first-order chi connectivity index (χ1) is 7.65. The van der Waals surface area contributed by atoms with Gasteiger partial charge in [-0.05, 0) is 37.2 Å². The van der Waals surface area contributed by atoms with Gasteiger partial charge in [0.2, 0.25) is 0 Å². The second-order valence-corrected chi connectivity index (χ2v) is 5.24. The number of nitrogens with zero attached hydrogens (tertiary/aromatic N) is 1. The number of anilines is 1. The standard InChI is InChI=1S/C12H17BrN2O/c1-15(12-2-3-16-8-12)7-9-4-10(13)6-11(14)5-9/h4-6,12H,2-3,7-8,14H2,1H3. The predicted octanol–water partition coefficient (Wildman–Crippen LogP) is 2.25. The van der Waals surface area contributed by atoms with Crippen molar-refractivity contribution < 1.29 is 4.74 Å². The molecule has 1 fully saturated rings. The molecule has 88 valence electrons. The quantitative estimate of drug-likeness (QED) is 0.866. The zero-order valence-electron chi connectivity index (χ0n) is 9.45. The van der Waals surface area contributed by atoms with E-state index in [-0.39, 0.29) is 0 Å². The van der Waals surface area contributed by atoms with Crippen molar-refractivity contribution in [2.24, 2.45) is 0 Å². The Kier molecular flexibility index (Phi) is 3.84. The largest absolute Gasteiger partial charge is 0.399 e. The zero-order chi connectivity index (χ0) is 11.5. The molecule has 0 spiro atoms. The molecule has 1 aliphatic heterocycles. The Morgan fingerprint density at radius 2 is 2.31 bits per heavy atom. The number of nitrogen functional groups attached to an aromatic ring is 1. The predicted molar refractivity (Wildman–Crippen MR) is 69.2 cm³/mol. The minimum Gasteiger partial charge on any atom is -0.399 e. The molecule has 3 nitrogen and oxygen atoms in total. The number of benzene rings is 1. The Morgan fingerprint density at radius 1 is 1.50 bits per heavy atom. The third kappa shape index (κ3) is 2.97. The number of hydrogen-bond donors (Lipinski definition) is 1. The fourth-order valence-electron chi connectivity index (χ4n) is 2.05. The van der Waals surface area contributed by atoms with Crippen molar-refractivity contribution in [1.29, 1.82) is 0 Å². The molecule has 2 rings (SSSR count). The number of hydrogen-bond acceptors (Lipinski definition) is 3. The Morgan fingerprint density at radius 3 is 2.94 bits per heavy atom. The third-order valence-electron chi connectivity index (χ3n) is 2.94. The van der Waals surface area contributed by atoms with Crippen molar-refractivity contribution in [3.8, 4) is 0 Å². The van der Waals surface area contributed by atoms with Gasteiger partial charge in [-0.3, -0.25) is 4.90 Å². The van der Waals surface area contributed by atoms with E-state index in [4.69, 9.17) is 10.5 Å².